The Labute approximate surface area is 210 Å². The zero-order valence-corrected chi connectivity index (χ0v) is 20.3. The second-order valence-electron chi connectivity index (χ2n) is 7.65. The number of carbonyl (C=O) groups is 3. The van der Waals surface area contributed by atoms with Crippen LogP contribution >= 0.6 is 11.8 Å². The summed E-state index contributed by atoms with van der Waals surface area (Å²) in [5.74, 6) is -1.43. The Hall–Kier alpha value is -4.38. The summed E-state index contributed by atoms with van der Waals surface area (Å²) >= 11 is 0.939. The maximum atomic E-state index is 12.9. The van der Waals surface area contributed by atoms with Crippen LogP contribution in [-0.2, 0) is 32.7 Å². The van der Waals surface area contributed by atoms with Crippen LogP contribution in [-0.4, -0.2) is 46.1 Å². The second-order valence-corrected chi connectivity index (χ2v) is 8.66. The Morgan fingerprint density at radius 2 is 1.81 bits per heavy atom. The molecule has 2 heterocycles. The molecule has 4 rings (SSSR count). The average molecular weight is 507 g/mol. The number of aryl methyl sites for hydroxylation is 1. The van der Waals surface area contributed by atoms with Gasteiger partial charge in [0.25, 0.3) is 17.4 Å². The van der Waals surface area contributed by atoms with E-state index in [1.807, 2.05) is 30.3 Å². The number of esters is 1. The number of amides is 2. The SMILES string of the molecule is COC(=O)/C=C1/S/C(=N/NC(=O)COc2cc(=O)n(C)c3ccccc23)N(Cc2ccccc2)C1=O. The summed E-state index contributed by atoms with van der Waals surface area (Å²) in [7, 11) is 2.87. The van der Waals surface area contributed by atoms with Gasteiger partial charge in [-0.25, -0.2) is 10.2 Å². The van der Waals surface area contributed by atoms with Gasteiger partial charge in [0, 0.05) is 24.6 Å². The molecule has 1 aromatic heterocycles. The van der Waals surface area contributed by atoms with Crippen LogP contribution < -0.4 is 15.7 Å². The Kier molecular flexibility index (Phi) is 7.50. The first-order valence-corrected chi connectivity index (χ1v) is 11.6. The van der Waals surface area contributed by atoms with E-state index < -0.39 is 24.4 Å². The molecule has 1 aliphatic heterocycles. The minimum Gasteiger partial charge on any atom is -0.483 e. The third kappa shape index (κ3) is 5.47. The third-order valence-corrected chi connectivity index (χ3v) is 6.28. The fourth-order valence-corrected chi connectivity index (χ4v) is 4.35. The highest BCUT2D eigenvalue weighted by Crippen LogP contribution is 2.32. The van der Waals surface area contributed by atoms with E-state index in [-0.39, 0.29) is 27.9 Å². The molecule has 1 N–H and O–H groups in total. The predicted octanol–water partition coefficient (Wildman–Crippen LogP) is 2.14. The number of ether oxygens (including phenoxy) is 2. The number of benzene rings is 2. The fraction of sp³-hybridized carbons (Fsp3) is 0.160. The van der Waals surface area contributed by atoms with Crippen LogP contribution in [0.15, 0.2) is 81.5 Å². The van der Waals surface area contributed by atoms with E-state index in [4.69, 9.17) is 4.74 Å². The summed E-state index contributed by atoms with van der Waals surface area (Å²) in [5, 5.41) is 4.96. The van der Waals surface area contributed by atoms with E-state index in [2.05, 4.69) is 15.3 Å². The van der Waals surface area contributed by atoms with Crippen molar-refractivity contribution >= 4 is 45.6 Å². The molecule has 0 atom stereocenters. The van der Waals surface area contributed by atoms with Crippen molar-refractivity contribution < 1.29 is 23.9 Å². The van der Waals surface area contributed by atoms with Crippen molar-refractivity contribution in [1.82, 2.24) is 14.9 Å². The zero-order valence-electron chi connectivity index (χ0n) is 19.5. The first-order valence-electron chi connectivity index (χ1n) is 10.8. The van der Waals surface area contributed by atoms with Gasteiger partial charge in [0.15, 0.2) is 11.8 Å². The number of aromatic nitrogens is 1. The first-order chi connectivity index (χ1) is 17.4. The highest BCUT2D eigenvalue weighted by Gasteiger charge is 2.34. The van der Waals surface area contributed by atoms with Gasteiger partial charge < -0.3 is 14.0 Å². The normalized spacial score (nSPS) is 15.5. The van der Waals surface area contributed by atoms with Crippen LogP contribution in [0.3, 0.4) is 0 Å². The third-order valence-electron chi connectivity index (χ3n) is 5.27. The number of hydrogen-bond donors (Lipinski definition) is 1. The number of para-hydroxylation sites is 1. The monoisotopic (exact) mass is 506 g/mol. The molecule has 1 fully saturated rings. The quantitative estimate of drug-likeness (QED) is 0.296. The number of thioether (sulfide) groups is 1. The summed E-state index contributed by atoms with van der Waals surface area (Å²) in [6.07, 6.45) is 1.08. The molecule has 1 saturated heterocycles. The number of methoxy groups -OCH3 is 1. The van der Waals surface area contributed by atoms with Crippen molar-refractivity contribution in [2.75, 3.05) is 13.7 Å². The number of carbonyl (C=O) groups excluding carboxylic acids is 3. The van der Waals surface area contributed by atoms with Crippen LogP contribution in [0, 0.1) is 0 Å². The van der Waals surface area contributed by atoms with Gasteiger partial charge in [0.2, 0.25) is 0 Å². The fourth-order valence-electron chi connectivity index (χ4n) is 3.45. The summed E-state index contributed by atoms with van der Waals surface area (Å²) < 4.78 is 11.7. The van der Waals surface area contributed by atoms with Gasteiger partial charge in [-0.1, -0.05) is 42.5 Å². The van der Waals surface area contributed by atoms with Crippen molar-refractivity contribution in [3.05, 3.63) is 87.6 Å². The molecular formula is C25H22N4O6S. The maximum Gasteiger partial charge on any atom is 0.331 e. The molecule has 0 saturated carbocycles. The lowest BCUT2D eigenvalue weighted by Crippen LogP contribution is -2.32. The lowest BCUT2D eigenvalue weighted by molar-refractivity contribution is -0.135. The predicted molar refractivity (Wildman–Crippen MR) is 135 cm³/mol. The summed E-state index contributed by atoms with van der Waals surface area (Å²) in [6, 6.07) is 17.7. The summed E-state index contributed by atoms with van der Waals surface area (Å²) in [6.45, 7) is -0.216. The number of pyridine rings is 1. The Balaban J connectivity index is 1.50. The standard InChI is InChI=1S/C25H22N4O6S/c1-28-18-11-7-6-10-17(18)19(12-22(28)31)35-15-21(30)26-27-25-29(14-16-8-4-3-5-9-16)24(33)20(36-25)13-23(32)34-2/h3-13H,14-15H2,1-2H3,(H,26,30)/b20-13+,27-25+. The van der Waals surface area contributed by atoms with Crippen molar-refractivity contribution in [1.29, 1.82) is 0 Å². The molecule has 36 heavy (non-hydrogen) atoms. The van der Waals surface area contributed by atoms with E-state index in [9.17, 15) is 19.2 Å². The van der Waals surface area contributed by atoms with Gasteiger partial charge in [0.1, 0.15) is 5.75 Å². The van der Waals surface area contributed by atoms with Gasteiger partial charge in [-0.3, -0.25) is 19.3 Å². The van der Waals surface area contributed by atoms with Gasteiger partial charge >= 0.3 is 5.97 Å². The van der Waals surface area contributed by atoms with Crippen molar-refractivity contribution in [2.45, 2.75) is 6.54 Å². The smallest absolute Gasteiger partial charge is 0.331 e. The van der Waals surface area contributed by atoms with Crippen molar-refractivity contribution in [3.63, 3.8) is 0 Å². The number of hydrogen-bond acceptors (Lipinski definition) is 8. The van der Waals surface area contributed by atoms with E-state index in [0.717, 1.165) is 23.4 Å². The van der Waals surface area contributed by atoms with E-state index >= 15 is 0 Å². The number of amidine groups is 1. The van der Waals surface area contributed by atoms with Crippen molar-refractivity contribution in [2.24, 2.45) is 12.1 Å². The lowest BCUT2D eigenvalue weighted by atomic mass is 10.2. The molecule has 3 aromatic rings. The molecule has 10 nitrogen and oxygen atoms in total. The van der Waals surface area contributed by atoms with Gasteiger partial charge in [-0.2, -0.15) is 0 Å². The molecule has 2 aromatic carbocycles. The minimum absolute atomic E-state index is 0.119. The highest BCUT2D eigenvalue weighted by molar-refractivity contribution is 8.18. The van der Waals surface area contributed by atoms with Gasteiger partial charge in [-0.15, -0.1) is 5.10 Å². The maximum absolute atomic E-state index is 12.9. The molecule has 184 valence electrons. The Bertz CT molecular complexity index is 1450. The molecule has 0 bridgehead atoms. The van der Waals surface area contributed by atoms with Crippen LogP contribution in [0.25, 0.3) is 10.9 Å². The Morgan fingerprint density at radius 3 is 2.56 bits per heavy atom. The van der Waals surface area contributed by atoms with Crippen LogP contribution in [0.1, 0.15) is 5.56 Å². The second kappa shape index (κ2) is 10.9. The largest absolute Gasteiger partial charge is 0.483 e. The topological polar surface area (TPSA) is 119 Å². The van der Waals surface area contributed by atoms with E-state index in [1.165, 1.54) is 22.6 Å². The van der Waals surface area contributed by atoms with Gasteiger partial charge in [0.05, 0.1) is 24.1 Å². The van der Waals surface area contributed by atoms with E-state index in [1.54, 1.807) is 31.3 Å². The van der Waals surface area contributed by atoms with Crippen LogP contribution in [0.2, 0.25) is 0 Å². The number of fused-ring (bicyclic) bond motifs is 1. The van der Waals surface area contributed by atoms with Crippen molar-refractivity contribution in [3.8, 4) is 5.75 Å². The highest BCUT2D eigenvalue weighted by atomic mass is 32.2. The summed E-state index contributed by atoms with van der Waals surface area (Å²) in [4.78, 5) is 50.7. The molecule has 0 unspecified atom stereocenters. The molecule has 0 aliphatic carbocycles. The van der Waals surface area contributed by atoms with Crippen LogP contribution in [0.4, 0.5) is 0 Å². The molecule has 2 amide bonds. The molecule has 0 spiro atoms. The Morgan fingerprint density at radius 1 is 1.08 bits per heavy atom. The number of hydrazone groups is 1. The summed E-state index contributed by atoms with van der Waals surface area (Å²) in [5.41, 5.74) is 3.61. The average Bonchev–Trinajstić information content (AvgIpc) is 3.18. The minimum atomic E-state index is -0.676. The lowest BCUT2D eigenvalue weighted by Gasteiger charge is -2.15. The number of nitrogens with one attached hydrogen (secondary N) is 1. The number of nitrogens with zero attached hydrogens (tertiary/aromatic N) is 3. The molecule has 0 radical (unpaired) electrons. The number of rotatable bonds is 7. The van der Waals surface area contributed by atoms with Gasteiger partial charge in [-0.05, 0) is 29.5 Å². The zero-order chi connectivity index (χ0) is 25.7. The molecule has 1 aliphatic rings. The van der Waals surface area contributed by atoms with E-state index in [0.29, 0.717) is 10.9 Å². The molecular weight excluding hydrogens is 484 g/mol. The molecule has 11 heteroatoms. The first kappa shape index (κ1) is 24.7. The van der Waals surface area contributed by atoms with Crippen LogP contribution in [0.5, 0.6) is 5.75 Å².